The van der Waals surface area contributed by atoms with Gasteiger partial charge in [-0.3, -0.25) is 14.9 Å². The van der Waals surface area contributed by atoms with Crippen LogP contribution in [0.4, 0.5) is 5.69 Å². The third kappa shape index (κ3) is 4.55. The van der Waals surface area contributed by atoms with Gasteiger partial charge in [0.2, 0.25) is 0 Å². The quantitative estimate of drug-likeness (QED) is 0.432. The van der Waals surface area contributed by atoms with E-state index in [1.165, 1.54) is 30.6 Å². The van der Waals surface area contributed by atoms with Crippen LogP contribution in [-0.4, -0.2) is 24.5 Å². The van der Waals surface area contributed by atoms with E-state index >= 15 is 0 Å². The van der Waals surface area contributed by atoms with E-state index in [4.69, 9.17) is 9.47 Å². The third-order valence-electron chi connectivity index (χ3n) is 4.26. The van der Waals surface area contributed by atoms with Crippen molar-refractivity contribution in [3.8, 4) is 11.5 Å². The van der Waals surface area contributed by atoms with E-state index in [2.05, 4.69) is 5.32 Å². The van der Waals surface area contributed by atoms with Gasteiger partial charge in [-0.15, -0.1) is 11.3 Å². The molecule has 7 nitrogen and oxygen atoms in total. The third-order valence-corrected chi connectivity index (χ3v) is 5.20. The summed E-state index contributed by atoms with van der Waals surface area (Å²) in [5.74, 6) is -0.0913. The summed E-state index contributed by atoms with van der Waals surface area (Å²) in [5, 5.41) is 16.4. The molecule has 0 aliphatic rings. The van der Waals surface area contributed by atoms with Crippen LogP contribution in [0.15, 0.2) is 60.0 Å². The maximum Gasteiger partial charge on any atom is 0.286 e. The van der Waals surface area contributed by atoms with Gasteiger partial charge in [0.05, 0.1) is 30.7 Å². The zero-order chi connectivity index (χ0) is 20.8. The monoisotopic (exact) mass is 412 g/mol. The summed E-state index contributed by atoms with van der Waals surface area (Å²) in [6.45, 7) is 2.07. The summed E-state index contributed by atoms with van der Waals surface area (Å²) < 4.78 is 10.7. The molecule has 0 bridgehead atoms. The van der Waals surface area contributed by atoms with Crippen molar-refractivity contribution in [2.75, 3.05) is 13.7 Å². The highest BCUT2D eigenvalue weighted by molar-refractivity contribution is 7.10. The molecule has 29 heavy (non-hydrogen) atoms. The molecule has 0 saturated carbocycles. The second-order valence-electron chi connectivity index (χ2n) is 6.04. The molecule has 0 radical (unpaired) electrons. The van der Waals surface area contributed by atoms with Crippen molar-refractivity contribution in [1.82, 2.24) is 5.32 Å². The first-order valence-corrected chi connectivity index (χ1v) is 9.81. The first-order chi connectivity index (χ1) is 14.0. The second-order valence-corrected chi connectivity index (χ2v) is 7.02. The molecule has 0 aliphatic carbocycles. The maximum atomic E-state index is 13.1. The Hall–Kier alpha value is -3.39. The van der Waals surface area contributed by atoms with Gasteiger partial charge in [-0.2, -0.15) is 0 Å². The number of methoxy groups -OCH3 is 1. The molecule has 1 N–H and O–H groups in total. The molecule has 1 unspecified atom stereocenters. The molecule has 2 aromatic carbocycles. The number of hydrogen-bond donors (Lipinski definition) is 1. The number of ether oxygens (including phenoxy) is 2. The highest BCUT2D eigenvalue weighted by atomic mass is 32.1. The number of nitro benzene ring substituents is 1. The van der Waals surface area contributed by atoms with Gasteiger partial charge >= 0.3 is 0 Å². The predicted octanol–water partition coefficient (Wildman–Crippen LogP) is 4.58. The first kappa shape index (κ1) is 20.3. The Bertz CT molecular complexity index is 990. The molecule has 8 heteroatoms. The zero-order valence-corrected chi connectivity index (χ0v) is 16.8. The van der Waals surface area contributed by atoms with Crippen LogP contribution in [-0.2, 0) is 0 Å². The standard InChI is InChI=1S/C21H20N2O5S/c1-3-28-18-13-16(23(25)26)15(12-17(18)27-2)21(24)22-20(19-10-7-11-29-19)14-8-5-4-6-9-14/h4-13,20H,3H2,1-2H3,(H,22,24). The molecule has 0 spiro atoms. The SMILES string of the molecule is CCOc1cc([N+](=O)[O-])c(C(=O)NC(c2ccccc2)c2cccs2)cc1OC. The number of carbonyl (C=O) groups excluding carboxylic acids is 1. The second kappa shape index (κ2) is 9.20. The number of carbonyl (C=O) groups is 1. The molecular weight excluding hydrogens is 392 g/mol. The highest BCUT2D eigenvalue weighted by Gasteiger charge is 2.27. The highest BCUT2D eigenvalue weighted by Crippen LogP contribution is 2.35. The Morgan fingerprint density at radius 2 is 1.93 bits per heavy atom. The fraction of sp³-hybridized carbons (Fsp3) is 0.190. The number of nitro groups is 1. The van der Waals surface area contributed by atoms with Crippen LogP contribution in [0, 0.1) is 10.1 Å². The molecule has 0 fully saturated rings. The molecule has 1 aromatic heterocycles. The summed E-state index contributed by atoms with van der Waals surface area (Å²) in [4.78, 5) is 25.0. The number of rotatable bonds is 8. The first-order valence-electron chi connectivity index (χ1n) is 8.93. The van der Waals surface area contributed by atoms with E-state index in [9.17, 15) is 14.9 Å². The Morgan fingerprint density at radius 1 is 1.17 bits per heavy atom. The minimum atomic E-state index is -0.598. The number of benzene rings is 2. The lowest BCUT2D eigenvalue weighted by Gasteiger charge is -2.19. The lowest BCUT2D eigenvalue weighted by atomic mass is 10.0. The van der Waals surface area contributed by atoms with Gasteiger partial charge in [0.1, 0.15) is 5.56 Å². The lowest BCUT2D eigenvalue weighted by Crippen LogP contribution is -2.29. The van der Waals surface area contributed by atoms with E-state index in [1.807, 2.05) is 47.8 Å². The van der Waals surface area contributed by atoms with Crippen LogP contribution >= 0.6 is 11.3 Å². The minimum Gasteiger partial charge on any atom is -0.493 e. The van der Waals surface area contributed by atoms with Crippen LogP contribution in [0.2, 0.25) is 0 Å². The van der Waals surface area contributed by atoms with Crippen molar-refractivity contribution in [3.63, 3.8) is 0 Å². The minimum absolute atomic E-state index is 0.0900. The summed E-state index contributed by atoms with van der Waals surface area (Å²) in [6.07, 6.45) is 0. The van der Waals surface area contributed by atoms with Gasteiger partial charge < -0.3 is 14.8 Å². The normalized spacial score (nSPS) is 11.5. The van der Waals surface area contributed by atoms with Gasteiger partial charge in [0.15, 0.2) is 11.5 Å². The van der Waals surface area contributed by atoms with E-state index < -0.39 is 16.9 Å². The average Bonchev–Trinajstić information content (AvgIpc) is 3.26. The van der Waals surface area contributed by atoms with Crippen LogP contribution in [0.1, 0.15) is 33.8 Å². The summed E-state index contributed by atoms with van der Waals surface area (Å²) >= 11 is 1.50. The van der Waals surface area contributed by atoms with Gasteiger partial charge in [-0.05, 0) is 23.9 Å². The topological polar surface area (TPSA) is 90.7 Å². The van der Waals surface area contributed by atoms with Crippen molar-refractivity contribution >= 4 is 22.9 Å². The Labute approximate surface area is 172 Å². The number of amides is 1. The fourth-order valence-corrected chi connectivity index (χ4v) is 3.74. The van der Waals surface area contributed by atoms with Crippen LogP contribution in [0.25, 0.3) is 0 Å². The van der Waals surface area contributed by atoms with Gasteiger partial charge in [0.25, 0.3) is 11.6 Å². The molecular formula is C21H20N2O5S. The molecule has 1 heterocycles. The number of thiophene rings is 1. The van der Waals surface area contributed by atoms with Gasteiger partial charge in [-0.25, -0.2) is 0 Å². The van der Waals surface area contributed by atoms with E-state index in [1.54, 1.807) is 6.92 Å². The Morgan fingerprint density at radius 3 is 2.52 bits per heavy atom. The van der Waals surface area contributed by atoms with Crippen molar-refractivity contribution in [2.24, 2.45) is 0 Å². The number of nitrogens with zero attached hydrogens (tertiary/aromatic N) is 1. The lowest BCUT2D eigenvalue weighted by molar-refractivity contribution is -0.385. The molecule has 1 amide bonds. The van der Waals surface area contributed by atoms with Gasteiger partial charge in [0, 0.05) is 10.9 Å². The number of nitrogens with one attached hydrogen (secondary N) is 1. The molecule has 0 saturated heterocycles. The molecule has 3 rings (SSSR count). The Kier molecular flexibility index (Phi) is 6.46. The summed E-state index contributed by atoms with van der Waals surface area (Å²) in [6, 6.07) is 15.4. The summed E-state index contributed by atoms with van der Waals surface area (Å²) in [7, 11) is 1.42. The largest absolute Gasteiger partial charge is 0.493 e. The summed E-state index contributed by atoms with van der Waals surface area (Å²) in [5.41, 5.74) is 0.446. The fourth-order valence-electron chi connectivity index (χ4n) is 2.94. The average molecular weight is 412 g/mol. The van der Waals surface area contributed by atoms with Crippen molar-refractivity contribution < 1.29 is 19.2 Å². The van der Waals surface area contributed by atoms with Gasteiger partial charge in [-0.1, -0.05) is 36.4 Å². The maximum absolute atomic E-state index is 13.1. The van der Waals surface area contributed by atoms with Crippen molar-refractivity contribution in [3.05, 3.63) is 86.1 Å². The van der Waals surface area contributed by atoms with Crippen molar-refractivity contribution in [1.29, 1.82) is 0 Å². The van der Waals surface area contributed by atoms with E-state index in [0.717, 1.165) is 10.4 Å². The molecule has 3 aromatic rings. The van der Waals surface area contributed by atoms with Crippen LogP contribution < -0.4 is 14.8 Å². The molecule has 0 aliphatic heterocycles. The van der Waals surface area contributed by atoms with E-state index in [0.29, 0.717) is 6.61 Å². The van der Waals surface area contributed by atoms with Crippen molar-refractivity contribution in [2.45, 2.75) is 13.0 Å². The smallest absolute Gasteiger partial charge is 0.286 e. The van der Waals surface area contributed by atoms with Crippen LogP contribution in [0.3, 0.4) is 0 Å². The van der Waals surface area contributed by atoms with E-state index in [-0.39, 0.29) is 22.7 Å². The predicted molar refractivity (Wildman–Crippen MR) is 111 cm³/mol. The number of hydrogen-bond acceptors (Lipinski definition) is 6. The molecule has 1 atom stereocenters. The Balaban J connectivity index is 2.01. The zero-order valence-electron chi connectivity index (χ0n) is 16.0. The molecule has 150 valence electrons. The van der Waals surface area contributed by atoms with Crippen LogP contribution in [0.5, 0.6) is 11.5 Å².